The Balaban J connectivity index is 1.78. The molecule has 1 unspecified atom stereocenters. The standard InChI is InChI=1S/C28H37NO4/c1-22(30)28(20-23-12-8-6-9-13-23,33-21-24-14-10-7-11-15-24)25(31)32-19-18-29-26(2,3)16-17-27(29,4)5/h6-15H,16-21H2,1-5H3. The number of esters is 1. The number of likely N-dealkylation sites (tertiary alicyclic amines) is 1. The van der Waals surface area contributed by atoms with Gasteiger partial charge in [-0.3, -0.25) is 9.69 Å². The maximum Gasteiger partial charge on any atom is 0.346 e. The SMILES string of the molecule is CC(=O)C(Cc1ccccc1)(OCc1ccccc1)C(=O)OCCN1C(C)(C)CCC1(C)C. The lowest BCUT2D eigenvalue weighted by Gasteiger charge is -2.40. The highest BCUT2D eigenvalue weighted by Gasteiger charge is 2.47. The van der Waals surface area contributed by atoms with E-state index in [2.05, 4.69) is 32.6 Å². The monoisotopic (exact) mass is 451 g/mol. The minimum atomic E-state index is -1.69. The van der Waals surface area contributed by atoms with Gasteiger partial charge in [0.2, 0.25) is 5.60 Å². The lowest BCUT2D eigenvalue weighted by molar-refractivity contribution is -0.179. The van der Waals surface area contributed by atoms with Crippen LogP contribution >= 0.6 is 0 Å². The second-order valence-electron chi connectivity index (χ2n) is 10.2. The molecule has 178 valence electrons. The number of rotatable bonds is 10. The first kappa shape index (κ1) is 25.1. The normalized spacial score (nSPS) is 19.1. The number of ketones is 1. The van der Waals surface area contributed by atoms with Crippen LogP contribution < -0.4 is 0 Å². The van der Waals surface area contributed by atoms with E-state index in [0.717, 1.165) is 24.0 Å². The molecule has 2 aromatic rings. The van der Waals surface area contributed by atoms with Gasteiger partial charge in [-0.1, -0.05) is 60.7 Å². The second-order valence-corrected chi connectivity index (χ2v) is 10.2. The van der Waals surface area contributed by atoms with E-state index >= 15 is 0 Å². The molecule has 0 radical (unpaired) electrons. The first-order chi connectivity index (χ1) is 15.6. The third kappa shape index (κ3) is 5.90. The van der Waals surface area contributed by atoms with Crippen molar-refractivity contribution < 1.29 is 19.1 Å². The summed E-state index contributed by atoms with van der Waals surface area (Å²) in [4.78, 5) is 28.8. The summed E-state index contributed by atoms with van der Waals surface area (Å²) in [6, 6.07) is 19.0. The Morgan fingerprint density at radius 2 is 1.39 bits per heavy atom. The molecule has 1 aliphatic heterocycles. The van der Waals surface area contributed by atoms with Gasteiger partial charge < -0.3 is 9.47 Å². The summed E-state index contributed by atoms with van der Waals surface area (Å²) in [5.41, 5.74) is 0.139. The van der Waals surface area contributed by atoms with Gasteiger partial charge in [0.25, 0.3) is 0 Å². The fourth-order valence-corrected chi connectivity index (χ4v) is 4.87. The predicted molar refractivity (Wildman–Crippen MR) is 130 cm³/mol. The lowest BCUT2D eigenvalue weighted by Crippen LogP contribution is -2.53. The molecule has 2 aromatic carbocycles. The number of benzene rings is 2. The quantitative estimate of drug-likeness (QED) is 0.377. The minimum absolute atomic E-state index is 0.0431. The fourth-order valence-electron chi connectivity index (χ4n) is 4.87. The zero-order valence-electron chi connectivity index (χ0n) is 20.6. The molecule has 0 amide bonds. The summed E-state index contributed by atoms with van der Waals surface area (Å²) >= 11 is 0. The first-order valence-corrected chi connectivity index (χ1v) is 11.7. The summed E-state index contributed by atoms with van der Waals surface area (Å²) < 4.78 is 11.9. The van der Waals surface area contributed by atoms with Gasteiger partial charge in [0.05, 0.1) is 6.61 Å². The number of hydrogen-bond donors (Lipinski definition) is 0. The molecule has 5 nitrogen and oxygen atoms in total. The van der Waals surface area contributed by atoms with Crippen molar-refractivity contribution in [2.45, 2.75) is 77.2 Å². The number of carbonyl (C=O) groups is 2. The fraction of sp³-hybridized carbons (Fsp3) is 0.500. The van der Waals surface area contributed by atoms with Gasteiger partial charge in [-0.05, 0) is 58.6 Å². The highest BCUT2D eigenvalue weighted by Crippen LogP contribution is 2.40. The van der Waals surface area contributed by atoms with E-state index in [0.29, 0.717) is 6.54 Å². The molecule has 33 heavy (non-hydrogen) atoms. The van der Waals surface area contributed by atoms with Crippen LogP contribution in [0.3, 0.4) is 0 Å². The molecule has 0 aromatic heterocycles. The topological polar surface area (TPSA) is 55.8 Å². The van der Waals surface area contributed by atoms with E-state index in [1.165, 1.54) is 6.92 Å². The zero-order valence-corrected chi connectivity index (χ0v) is 20.6. The lowest BCUT2D eigenvalue weighted by atomic mass is 9.90. The molecule has 1 atom stereocenters. The number of carbonyl (C=O) groups excluding carboxylic acids is 2. The molecule has 1 fully saturated rings. The van der Waals surface area contributed by atoms with Gasteiger partial charge in [-0.2, -0.15) is 0 Å². The molecule has 0 aliphatic carbocycles. The molecular weight excluding hydrogens is 414 g/mol. The smallest absolute Gasteiger partial charge is 0.346 e. The molecule has 0 spiro atoms. The third-order valence-corrected chi connectivity index (χ3v) is 6.88. The summed E-state index contributed by atoms with van der Waals surface area (Å²) in [5, 5.41) is 0. The highest BCUT2D eigenvalue weighted by molar-refractivity contribution is 6.06. The Morgan fingerprint density at radius 1 is 0.879 bits per heavy atom. The van der Waals surface area contributed by atoms with Crippen LogP contribution in [0.4, 0.5) is 0 Å². The van der Waals surface area contributed by atoms with Gasteiger partial charge in [-0.25, -0.2) is 4.79 Å². The first-order valence-electron chi connectivity index (χ1n) is 11.7. The van der Waals surface area contributed by atoms with Crippen LogP contribution in [0.15, 0.2) is 60.7 Å². The molecule has 1 aliphatic rings. The predicted octanol–water partition coefficient (Wildman–Crippen LogP) is 4.97. The van der Waals surface area contributed by atoms with E-state index < -0.39 is 11.6 Å². The van der Waals surface area contributed by atoms with Gasteiger partial charge in [0, 0.05) is 24.0 Å². The second kappa shape index (κ2) is 10.2. The van der Waals surface area contributed by atoms with Crippen LogP contribution in [-0.4, -0.2) is 46.5 Å². The summed E-state index contributed by atoms with van der Waals surface area (Å²) in [6.45, 7) is 11.3. The van der Waals surface area contributed by atoms with E-state index in [-0.39, 0.29) is 36.5 Å². The average molecular weight is 452 g/mol. The van der Waals surface area contributed by atoms with Crippen molar-refractivity contribution in [1.29, 1.82) is 0 Å². The number of ether oxygens (including phenoxy) is 2. The van der Waals surface area contributed by atoms with Gasteiger partial charge in [-0.15, -0.1) is 0 Å². The van der Waals surface area contributed by atoms with Crippen LogP contribution in [0.1, 0.15) is 58.6 Å². The van der Waals surface area contributed by atoms with Gasteiger partial charge in [0.15, 0.2) is 5.78 Å². The van der Waals surface area contributed by atoms with E-state index in [1.54, 1.807) is 0 Å². The molecule has 5 heteroatoms. The highest BCUT2D eigenvalue weighted by atomic mass is 16.6. The summed E-state index contributed by atoms with van der Waals surface area (Å²) in [5.74, 6) is -0.973. The molecule has 1 saturated heterocycles. The Morgan fingerprint density at radius 3 is 1.91 bits per heavy atom. The summed E-state index contributed by atoms with van der Waals surface area (Å²) in [7, 11) is 0. The van der Waals surface area contributed by atoms with Crippen LogP contribution in [0.2, 0.25) is 0 Å². The van der Waals surface area contributed by atoms with Crippen molar-refractivity contribution in [3.05, 3.63) is 71.8 Å². The van der Waals surface area contributed by atoms with Crippen molar-refractivity contribution in [3.8, 4) is 0 Å². The van der Waals surface area contributed by atoms with Gasteiger partial charge in [0.1, 0.15) is 6.61 Å². The third-order valence-electron chi connectivity index (χ3n) is 6.88. The van der Waals surface area contributed by atoms with Crippen LogP contribution in [0.5, 0.6) is 0 Å². The Labute approximate surface area is 198 Å². The average Bonchev–Trinajstić information content (AvgIpc) is 3.00. The van der Waals surface area contributed by atoms with Gasteiger partial charge >= 0.3 is 5.97 Å². The van der Waals surface area contributed by atoms with Crippen molar-refractivity contribution in [1.82, 2.24) is 4.90 Å². The Hall–Kier alpha value is -2.50. The number of hydrogen-bond acceptors (Lipinski definition) is 5. The maximum absolute atomic E-state index is 13.4. The molecule has 3 rings (SSSR count). The van der Waals surface area contributed by atoms with Crippen LogP contribution in [0, 0.1) is 0 Å². The van der Waals surface area contributed by atoms with Crippen molar-refractivity contribution in [2.24, 2.45) is 0 Å². The summed E-state index contributed by atoms with van der Waals surface area (Å²) in [6.07, 6.45) is 2.33. The molecule has 1 heterocycles. The molecule has 0 saturated carbocycles. The van der Waals surface area contributed by atoms with E-state index in [1.807, 2.05) is 60.7 Å². The van der Waals surface area contributed by atoms with Crippen molar-refractivity contribution in [2.75, 3.05) is 13.2 Å². The molecular formula is C28H37NO4. The van der Waals surface area contributed by atoms with E-state index in [4.69, 9.17) is 9.47 Å². The number of Topliss-reactive ketones (excluding diaryl/α,β-unsaturated/α-hetero) is 1. The molecule has 0 N–H and O–H groups in total. The Kier molecular flexibility index (Phi) is 7.76. The Bertz CT molecular complexity index is 923. The van der Waals surface area contributed by atoms with Crippen LogP contribution in [-0.2, 0) is 32.1 Å². The van der Waals surface area contributed by atoms with Crippen molar-refractivity contribution >= 4 is 11.8 Å². The maximum atomic E-state index is 13.4. The zero-order chi connectivity index (χ0) is 24.1. The van der Waals surface area contributed by atoms with E-state index in [9.17, 15) is 9.59 Å². The minimum Gasteiger partial charge on any atom is -0.462 e. The number of nitrogens with zero attached hydrogens (tertiary/aromatic N) is 1. The molecule has 0 bridgehead atoms. The largest absolute Gasteiger partial charge is 0.462 e. The van der Waals surface area contributed by atoms with Crippen LogP contribution in [0.25, 0.3) is 0 Å². The van der Waals surface area contributed by atoms with Crippen molar-refractivity contribution in [3.63, 3.8) is 0 Å².